The lowest BCUT2D eigenvalue weighted by atomic mass is 9.67. The van der Waals surface area contributed by atoms with Crippen LogP contribution in [-0.2, 0) is 11.2 Å². The van der Waals surface area contributed by atoms with Crippen molar-refractivity contribution in [1.29, 1.82) is 0 Å². The summed E-state index contributed by atoms with van der Waals surface area (Å²) in [6.45, 7) is 6.90. The van der Waals surface area contributed by atoms with Crippen molar-refractivity contribution >= 4 is 5.78 Å². The van der Waals surface area contributed by atoms with E-state index < -0.39 is 0 Å². The van der Waals surface area contributed by atoms with E-state index in [-0.39, 0.29) is 5.92 Å². The number of ketones is 1. The molecule has 1 saturated carbocycles. The van der Waals surface area contributed by atoms with Crippen LogP contribution in [0.1, 0.15) is 45.6 Å². The fourth-order valence-corrected chi connectivity index (χ4v) is 3.00. The van der Waals surface area contributed by atoms with Crippen molar-refractivity contribution in [2.24, 2.45) is 17.3 Å². The van der Waals surface area contributed by atoms with Gasteiger partial charge in [-0.2, -0.15) is 0 Å². The second-order valence-electron chi connectivity index (χ2n) is 6.69. The fourth-order valence-electron chi connectivity index (χ4n) is 3.00. The molecule has 0 radical (unpaired) electrons. The SMILES string of the molecule is CC(C)(C)[C@H]1CCC(=O)[C@H](Cc2ccccc2)C1. The highest BCUT2D eigenvalue weighted by Crippen LogP contribution is 2.39. The number of Topliss-reactive ketones (excluding diaryl/α,β-unsaturated/α-hetero) is 1. The molecule has 1 aliphatic carbocycles. The maximum absolute atomic E-state index is 12.1. The summed E-state index contributed by atoms with van der Waals surface area (Å²) in [6, 6.07) is 10.4. The quantitative estimate of drug-likeness (QED) is 0.759. The molecule has 1 aliphatic rings. The molecule has 0 amide bonds. The maximum atomic E-state index is 12.1. The predicted molar refractivity (Wildman–Crippen MR) is 75.4 cm³/mol. The van der Waals surface area contributed by atoms with Crippen molar-refractivity contribution in [1.82, 2.24) is 0 Å². The normalized spacial score (nSPS) is 25.2. The molecule has 0 heterocycles. The lowest BCUT2D eigenvalue weighted by Gasteiger charge is -2.37. The van der Waals surface area contributed by atoms with E-state index in [1.807, 2.05) is 6.07 Å². The summed E-state index contributed by atoms with van der Waals surface area (Å²) in [7, 11) is 0. The van der Waals surface area contributed by atoms with Crippen LogP contribution < -0.4 is 0 Å². The number of carbonyl (C=O) groups is 1. The molecule has 0 bridgehead atoms. The minimum atomic E-state index is 0.241. The molecule has 0 saturated heterocycles. The molecule has 2 atom stereocenters. The van der Waals surface area contributed by atoms with Gasteiger partial charge in [-0.25, -0.2) is 0 Å². The molecule has 1 aromatic carbocycles. The highest BCUT2D eigenvalue weighted by molar-refractivity contribution is 5.82. The molecule has 1 aromatic rings. The zero-order chi connectivity index (χ0) is 13.2. The first kappa shape index (κ1) is 13.3. The first-order chi connectivity index (χ1) is 8.47. The molecule has 1 nitrogen and oxygen atoms in total. The number of rotatable bonds is 2. The Morgan fingerprint density at radius 2 is 1.83 bits per heavy atom. The predicted octanol–water partition coefficient (Wildman–Crippen LogP) is 4.26. The second-order valence-corrected chi connectivity index (χ2v) is 6.69. The third kappa shape index (κ3) is 3.22. The van der Waals surface area contributed by atoms with Crippen LogP contribution in [0.3, 0.4) is 0 Å². The molecule has 1 heteroatoms. The van der Waals surface area contributed by atoms with Crippen LogP contribution in [0.4, 0.5) is 0 Å². The topological polar surface area (TPSA) is 17.1 Å². The molecule has 98 valence electrons. The van der Waals surface area contributed by atoms with Gasteiger partial charge in [0.1, 0.15) is 5.78 Å². The molecule has 0 spiro atoms. The number of benzene rings is 1. The van der Waals surface area contributed by atoms with Crippen molar-refractivity contribution in [2.45, 2.75) is 46.5 Å². The van der Waals surface area contributed by atoms with Crippen molar-refractivity contribution in [2.75, 3.05) is 0 Å². The van der Waals surface area contributed by atoms with Crippen LogP contribution in [0.15, 0.2) is 30.3 Å². The highest BCUT2D eigenvalue weighted by Gasteiger charge is 2.34. The Balaban J connectivity index is 2.05. The minimum absolute atomic E-state index is 0.241. The van der Waals surface area contributed by atoms with Crippen molar-refractivity contribution in [3.8, 4) is 0 Å². The van der Waals surface area contributed by atoms with Crippen LogP contribution in [0.2, 0.25) is 0 Å². The molecular formula is C17H24O. The molecule has 1 fully saturated rings. The minimum Gasteiger partial charge on any atom is -0.299 e. The van der Waals surface area contributed by atoms with E-state index in [0.717, 1.165) is 25.7 Å². The van der Waals surface area contributed by atoms with Crippen molar-refractivity contribution in [3.05, 3.63) is 35.9 Å². The van der Waals surface area contributed by atoms with Gasteiger partial charge < -0.3 is 0 Å². The molecular weight excluding hydrogens is 220 g/mol. The fraction of sp³-hybridized carbons (Fsp3) is 0.588. The molecule has 0 aromatic heterocycles. The lowest BCUT2D eigenvalue weighted by Crippen LogP contribution is -2.33. The summed E-state index contributed by atoms with van der Waals surface area (Å²) in [5.74, 6) is 1.40. The summed E-state index contributed by atoms with van der Waals surface area (Å²) < 4.78 is 0. The Morgan fingerprint density at radius 1 is 1.17 bits per heavy atom. The third-order valence-electron chi connectivity index (χ3n) is 4.31. The monoisotopic (exact) mass is 244 g/mol. The highest BCUT2D eigenvalue weighted by atomic mass is 16.1. The maximum Gasteiger partial charge on any atom is 0.136 e. The first-order valence-electron chi connectivity index (χ1n) is 7.03. The van der Waals surface area contributed by atoms with E-state index in [9.17, 15) is 4.79 Å². The average Bonchev–Trinajstić information content (AvgIpc) is 2.32. The van der Waals surface area contributed by atoms with Gasteiger partial charge in [-0.05, 0) is 36.2 Å². The van der Waals surface area contributed by atoms with Crippen LogP contribution in [-0.4, -0.2) is 5.78 Å². The van der Waals surface area contributed by atoms with E-state index in [4.69, 9.17) is 0 Å². The van der Waals surface area contributed by atoms with E-state index in [1.165, 1.54) is 5.56 Å². The lowest BCUT2D eigenvalue weighted by molar-refractivity contribution is -0.126. The Bertz CT molecular complexity index is 399. The first-order valence-corrected chi connectivity index (χ1v) is 7.03. The molecule has 0 aliphatic heterocycles. The smallest absolute Gasteiger partial charge is 0.136 e. The Labute approximate surface area is 111 Å². The Morgan fingerprint density at radius 3 is 2.44 bits per heavy atom. The van der Waals surface area contributed by atoms with Crippen LogP contribution in [0, 0.1) is 17.3 Å². The van der Waals surface area contributed by atoms with Crippen LogP contribution in [0.5, 0.6) is 0 Å². The Hall–Kier alpha value is -1.11. The number of carbonyl (C=O) groups excluding carboxylic acids is 1. The summed E-state index contributed by atoms with van der Waals surface area (Å²) in [5, 5.41) is 0. The molecule has 2 rings (SSSR count). The van der Waals surface area contributed by atoms with E-state index >= 15 is 0 Å². The standard InChI is InChI=1S/C17H24O/c1-17(2,3)15-9-10-16(18)14(12-15)11-13-7-5-4-6-8-13/h4-8,14-15H,9-12H2,1-3H3/t14-,15+/m1/s1. The number of hydrogen-bond donors (Lipinski definition) is 0. The van der Waals surface area contributed by atoms with Crippen LogP contribution in [0.25, 0.3) is 0 Å². The second kappa shape index (κ2) is 5.26. The van der Waals surface area contributed by atoms with Crippen molar-refractivity contribution < 1.29 is 4.79 Å². The largest absolute Gasteiger partial charge is 0.299 e. The molecule has 0 unspecified atom stereocenters. The summed E-state index contributed by atoms with van der Waals surface area (Å²) in [6.07, 6.45) is 3.84. The van der Waals surface area contributed by atoms with Gasteiger partial charge in [0.15, 0.2) is 0 Å². The third-order valence-corrected chi connectivity index (χ3v) is 4.31. The van der Waals surface area contributed by atoms with E-state index in [0.29, 0.717) is 17.1 Å². The Kier molecular flexibility index (Phi) is 3.89. The molecule has 0 N–H and O–H groups in total. The van der Waals surface area contributed by atoms with Gasteiger partial charge in [-0.3, -0.25) is 4.79 Å². The zero-order valence-corrected chi connectivity index (χ0v) is 11.8. The van der Waals surface area contributed by atoms with Gasteiger partial charge in [0.25, 0.3) is 0 Å². The van der Waals surface area contributed by atoms with Crippen LogP contribution >= 0.6 is 0 Å². The van der Waals surface area contributed by atoms with E-state index in [1.54, 1.807) is 0 Å². The summed E-state index contributed by atoms with van der Waals surface area (Å²) in [4.78, 5) is 12.1. The van der Waals surface area contributed by atoms with Gasteiger partial charge in [0, 0.05) is 12.3 Å². The van der Waals surface area contributed by atoms with Gasteiger partial charge in [-0.15, -0.1) is 0 Å². The van der Waals surface area contributed by atoms with Gasteiger partial charge in [-0.1, -0.05) is 51.1 Å². The van der Waals surface area contributed by atoms with Crippen molar-refractivity contribution in [3.63, 3.8) is 0 Å². The van der Waals surface area contributed by atoms with E-state index in [2.05, 4.69) is 45.0 Å². The number of hydrogen-bond acceptors (Lipinski definition) is 1. The molecule has 18 heavy (non-hydrogen) atoms. The average molecular weight is 244 g/mol. The van der Waals surface area contributed by atoms with Gasteiger partial charge >= 0.3 is 0 Å². The summed E-state index contributed by atoms with van der Waals surface area (Å²) in [5.41, 5.74) is 1.63. The van der Waals surface area contributed by atoms with Gasteiger partial charge in [0.2, 0.25) is 0 Å². The zero-order valence-electron chi connectivity index (χ0n) is 11.8. The van der Waals surface area contributed by atoms with Gasteiger partial charge in [0.05, 0.1) is 0 Å². The summed E-state index contributed by atoms with van der Waals surface area (Å²) >= 11 is 0.